The summed E-state index contributed by atoms with van der Waals surface area (Å²) in [6.07, 6.45) is 0. The molecule has 2 aromatic rings. The van der Waals surface area contributed by atoms with Gasteiger partial charge in [-0.05, 0) is 30.8 Å². The Morgan fingerprint density at radius 1 is 1.10 bits per heavy atom. The second-order valence-corrected chi connectivity index (χ2v) is 5.26. The molecule has 8 heteroatoms. The Hall–Kier alpha value is -1.83. The van der Waals surface area contributed by atoms with Gasteiger partial charge in [0.15, 0.2) is 17.5 Å². The number of nitrogens with zero attached hydrogens (tertiary/aromatic N) is 2. The van der Waals surface area contributed by atoms with Crippen LogP contribution in [-0.4, -0.2) is 22.5 Å². The highest BCUT2D eigenvalue weighted by Crippen LogP contribution is 2.37. The lowest BCUT2D eigenvalue weighted by Gasteiger charge is -2.09. The molecule has 0 saturated heterocycles. The van der Waals surface area contributed by atoms with Crippen LogP contribution in [0.2, 0.25) is 0 Å². The standard InChI is InChI=1S/C13H11F4N3S/c1-7-10(14)12(18-2)20-11(19-7)8-3-5-9(6-4-8)21-13(15,16)17/h3-6H,1-2H3,(H,18,19,20). The van der Waals surface area contributed by atoms with Crippen LogP contribution in [0.25, 0.3) is 11.4 Å². The number of aromatic nitrogens is 2. The molecule has 0 amide bonds. The lowest BCUT2D eigenvalue weighted by atomic mass is 10.2. The van der Waals surface area contributed by atoms with Crippen LogP contribution in [0.3, 0.4) is 0 Å². The molecule has 0 aliphatic rings. The second kappa shape index (κ2) is 5.88. The Bertz CT molecular complexity index is 641. The zero-order valence-electron chi connectivity index (χ0n) is 11.1. The number of hydrogen-bond donors (Lipinski definition) is 1. The fraction of sp³-hybridized carbons (Fsp3) is 0.231. The van der Waals surface area contributed by atoms with Gasteiger partial charge < -0.3 is 5.32 Å². The largest absolute Gasteiger partial charge is 0.446 e. The Labute approximate surface area is 122 Å². The highest BCUT2D eigenvalue weighted by molar-refractivity contribution is 8.00. The summed E-state index contributed by atoms with van der Waals surface area (Å²) in [4.78, 5) is 8.07. The molecule has 2 rings (SSSR count). The maximum absolute atomic E-state index is 13.6. The normalized spacial score (nSPS) is 11.5. The molecule has 0 spiro atoms. The first kappa shape index (κ1) is 15.6. The minimum atomic E-state index is -4.33. The van der Waals surface area contributed by atoms with E-state index in [0.29, 0.717) is 5.56 Å². The van der Waals surface area contributed by atoms with E-state index in [2.05, 4.69) is 15.3 Å². The van der Waals surface area contributed by atoms with Gasteiger partial charge in [0.1, 0.15) is 0 Å². The Balaban J connectivity index is 2.33. The summed E-state index contributed by atoms with van der Waals surface area (Å²) in [5, 5.41) is 2.61. The molecule has 0 bridgehead atoms. The van der Waals surface area contributed by atoms with Crippen LogP contribution in [0.4, 0.5) is 23.4 Å². The van der Waals surface area contributed by atoms with Crippen molar-refractivity contribution in [3.05, 3.63) is 35.8 Å². The number of hydrogen-bond acceptors (Lipinski definition) is 4. The summed E-state index contributed by atoms with van der Waals surface area (Å²) in [5.74, 6) is -0.251. The number of aryl methyl sites for hydroxylation is 1. The van der Waals surface area contributed by atoms with E-state index >= 15 is 0 Å². The maximum Gasteiger partial charge on any atom is 0.446 e. The lowest BCUT2D eigenvalue weighted by molar-refractivity contribution is -0.0328. The number of anilines is 1. The predicted octanol–water partition coefficient (Wildman–Crippen LogP) is 4.24. The van der Waals surface area contributed by atoms with Crippen molar-refractivity contribution in [3.8, 4) is 11.4 Å². The summed E-state index contributed by atoms with van der Waals surface area (Å²) >= 11 is -0.195. The highest BCUT2D eigenvalue weighted by atomic mass is 32.2. The molecule has 1 aromatic carbocycles. The molecule has 0 radical (unpaired) electrons. The van der Waals surface area contributed by atoms with Gasteiger partial charge in [-0.2, -0.15) is 13.2 Å². The second-order valence-electron chi connectivity index (χ2n) is 4.12. The number of halogens is 4. The van der Waals surface area contributed by atoms with Crippen molar-refractivity contribution in [2.75, 3.05) is 12.4 Å². The van der Waals surface area contributed by atoms with Gasteiger partial charge in [-0.25, -0.2) is 14.4 Å². The van der Waals surface area contributed by atoms with Crippen LogP contribution in [0.5, 0.6) is 0 Å². The summed E-state index contributed by atoms with van der Waals surface area (Å²) in [5.41, 5.74) is -3.65. The fourth-order valence-corrected chi connectivity index (χ4v) is 2.20. The van der Waals surface area contributed by atoms with Crippen molar-refractivity contribution >= 4 is 17.6 Å². The van der Waals surface area contributed by atoms with Crippen LogP contribution in [0.15, 0.2) is 29.2 Å². The van der Waals surface area contributed by atoms with E-state index in [1.807, 2.05) is 0 Å². The van der Waals surface area contributed by atoms with Gasteiger partial charge in [-0.15, -0.1) is 0 Å². The molecule has 0 aliphatic heterocycles. The van der Waals surface area contributed by atoms with Crippen LogP contribution in [-0.2, 0) is 0 Å². The third-order valence-corrected chi connectivity index (χ3v) is 3.34. The molecule has 0 saturated carbocycles. The van der Waals surface area contributed by atoms with Crippen molar-refractivity contribution < 1.29 is 17.6 Å². The number of alkyl halides is 3. The lowest BCUT2D eigenvalue weighted by Crippen LogP contribution is -2.03. The van der Waals surface area contributed by atoms with Crippen molar-refractivity contribution in [1.82, 2.24) is 9.97 Å². The molecule has 112 valence electrons. The van der Waals surface area contributed by atoms with Crippen molar-refractivity contribution in [3.63, 3.8) is 0 Å². The molecule has 21 heavy (non-hydrogen) atoms. The molecule has 1 N–H and O–H groups in total. The van der Waals surface area contributed by atoms with E-state index in [0.717, 1.165) is 0 Å². The number of nitrogens with one attached hydrogen (secondary N) is 1. The van der Waals surface area contributed by atoms with E-state index in [1.54, 1.807) is 0 Å². The number of rotatable bonds is 3. The van der Waals surface area contributed by atoms with E-state index < -0.39 is 11.3 Å². The van der Waals surface area contributed by atoms with Crippen LogP contribution in [0.1, 0.15) is 5.69 Å². The molecular weight excluding hydrogens is 306 g/mol. The maximum atomic E-state index is 13.6. The monoisotopic (exact) mass is 317 g/mol. The smallest absolute Gasteiger partial charge is 0.371 e. The van der Waals surface area contributed by atoms with Gasteiger partial charge in [0, 0.05) is 17.5 Å². The van der Waals surface area contributed by atoms with E-state index in [4.69, 9.17) is 0 Å². The summed E-state index contributed by atoms with van der Waals surface area (Å²) in [7, 11) is 1.53. The van der Waals surface area contributed by atoms with Gasteiger partial charge in [0.2, 0.25) is 0 Å². The van der Waals surface area contributed by atoms with Gasteiger partial charge in [-0.1, -0.05) is 12.1 Å². The average Bonchev–Trinajstić information content (AvgIpc) is 2.41. The van der Waals surface area contributed by atoms with Crippen LogP contribution < -0.4 is 5.32 Å². The topological polar surface area (TPSA) is 37.8 Å². The van der Waals surface area contributed by atoms with Gasteiger partial charge in [0.25, 0.3) is 0 Å². The average molecular weight is 317 g/mol. The molecule has 0 fully saturated rings. The zero-order valence-corrected chi connectivity index (χ0v) is 11.9. The van der Waals surface area contributed by atoms with Crippen molar-refractivity contribution in [1.29, 1.82) is 0 Å². The minimum absolute atomic E-state index is 0.0474. The quantitative estimate of drug-likeness (QED) is 0.678. The molecule has 1 heterocycles. The zero-order chi connectivity index (χ0) is 15.6. The molecular formula is C13H11F4N3S. The third kappa shape index (κ3) is 3.84. The Morgan fingerprint density at radius 3 is 2.24 bits per heavy atom. The highest BCUT2D eigenvalue weighted by Gasteiger charge is 2.29. The van der Waals surface area contributed by atoms with E-state index in [1.165, 1.54) is 38.2 Å². The fourth-order valence-electron chi connectivity index (χ4n) is 1.66. The third-order valence-electron chi connectivity index (χ3n) is 2.60. The molecule has 3 nitrogen and oxygen atoms in total. The van der Waals surface area contributed by atoms with E-state index in [9.17, 15) is 17.6 Å². The molecule has 0 unspecified atom stereocenters. The summed E-state index contributed by atoms with van der Waals surface area (Å²) < 4.78 is 50.4. The number of benzene rings is 1. The summed E-state index contributed by atoms with van der Waals surface area (Å²) in [6, 6.07) is 5.60. The minimum Gasteiger partial charge on any atom is -0.371 e. The van der Waals surface area contributed by atoms with Gasteiger partial charge >= 0.3 is 5.51 Å². The number of thioether (sulfide) groups is 1. The van der Waals surface area contributed by atoms with E-state index in [-0.39, 0.29) is 34.0 Å². The molecule has 1 aromatic heterocycles. The SMILES string of the molecule is CNc1nc(-c2ccc(SC(F)(F)F)cc2)nc(C)c1F. The van der Waals surface area contributed by atoms with Gasteiger partial charge in [-0.3, -0.25) is 0 Å². The first-order chi connectivity index (χ1) is 9.80. The predicted molar refractivity (Wildman–Crippen MR) is 73.6 cm³/mol. The molecule has 0 aliphatic carbocycles. The first-order valence-corrected chi connectivity index (χ1v) is 6.70. The van der Waals surface area contributed by atoms with Crippen molar-refractivity contribution in [2.45, 2.75) is 17.3 Å². The van der Waals surface area contributed by atoms with Crippen LogP contribution in [0, 0.1) is 12.7 Å². The van der Waals surface area contributed by atoms with Crippen molar-refractivity contribution in [2.24, 2.45) is 0 Å². The summed E-state index contributed by atoms with van der Waals surface area (Å²) in [6.45, 7) is 1.50. The molecule has 0 atom stereocenters. The Kier molecular flexibility index (Phi) is 4.36. The first-order valence-electron chi connectivity index (χ1n) is 5.88. The van der Waals surface area contributed by atoms with Crippen LogP contribution >= 0.6 is 11.8 Å². The van der Waals surface area contributed by atoms with Gasteiger partial charge in [0.05, 0.1) is 5.69 Å². The Morgan fingerprint density at radius 2 is 1.71 bits per heavy atom.